The Morgan fingerprint density at radius 3 is 2.52 bits per heavy atom. The Morgan fingerprint density at radius 2 is 1.76 bits per heavy atom. The van der Waals surface area contributed by atoms with Crippen molar-refractivity contribution in [2.24, 2.45) is 0 Å². The van der Waals surface area contributed by atoms with Crippen LogP contribution >= 0.6 is 0 Å². The summed E-state index contributed by atoms with van der Waals surface area (Å²) in [5.41, 5.74) is 4.49. The standard InChI is InChI=1S/C22H22N4O2S/c1-16-10-11-19(15-17(16)2)29(27,28)24-13-14-26-21(18-7-4-3-5-8-18)25-20-9-6-12-23-22(20)26/h3-12,15,24H,13-14H2,1-2H3. The molecule has 4 aromatic rings. The van der Waals surface area contributed by atoms with Crippen molar-refractivity contribution in [2.75, 3.05) is 6.54 Å². The van der Waals surface area contributed by atoms with Gasteiger partial charge in [-0.1, -0.05) is 36.4 Å². The van der Waals surface area contributed by atoms with Crippen LogP contribution in [0.15, 0.2) is 71.8 Å². The molecule has 0 aliphatic rings. The number of hydrogen-bond donors (Lipinski definition) is 1. The van der Waals surface area contributed by atoms with Gasteiger partial charge in [0.05, 0.1) is 4.90 Å². The quantitative estimate of drug-likeness (QED) is 0.530. The number of aryl methyl sites for hydroxylation is 2. The molecule has 0 amide bonds. The fourth-order valence-corrected chi connectivity index (χ4v) is 4.34. The van der Waals surface area contributed by atoms with Crippen LogP contribution in [0.4, 0.5) is 0 Å². The van der Waals surface area contributed by atoms with Gasteiger partial charge in [0, 0.05) is 24.8 Å². The highest BCUT2D eigenvalue weighted by molar-refractivity contribution is 7.89. The van der Waals surface area contributed by atoms with E-state index in [1.807, 2.05) is 66.9 Å². The number of benzene rings is 2. The van der Waals surface area contributed by atoms with Crippen LogP contribution in [-0.2, 0) is 16.6 Å². The van der Waals surface area contributed by atoms with Gasteiger partial charge in [-0.3, -0.25) is 0 Å². The second-order valence-corrected chi connectivity index (χ2v) is 8.71. The molecule has 2 heterocycles. The number of fused-ring (bicyclic) bond motifs is 1. The van der Waals surface area contributed by atoms with Crippen LogP contribution in [0.25, 0.3) is 22.6 Å². The molecule has 4 rings (SSSR count). The molecule has 1 N–H and O–H groups in total. The fourth-order valence-electron chi connectivity index (χ4n) is 3.23. The summed E-state index contributed by atoms with van der Waals surface area (Å²) in [6, 6.07) is 18.7. The van der Waals surface area contributed by atoms with Crippen molar-refractivity contribution in [1.82, 2.24) is 19.3 Å². The van der Waals surface area contributed by atoms with Crippen molar-refractivity contribution < 1.29 is 8.42 Å². The molecular weight excluding hydrogens is 384 g/mol. The zero-order valence-corrected chi connectivity index (χ0v) is 17.1. The highest BCUT2D eigenvalue weighted by atomic mass is 32.2. The van der Waals surface area contributed by atoms with Gasteiger partial charge in [-0.05, 0) is 49.2 Å². The van der Waals surface area contributed by atoms with Crippen LogP contribution in [0.3, 0.4) is 0 Å². The van der Waals surface area contributed by atoms with Crippen LogP contribution < -0.4 is 4.72 Å². The monoisotopic (exact) mass is 406 g/mol. The first-order valence-electron chi connectivity index (χ1n) is 9.39. The molecule has 0 aliphatic carbocycles. The fraction of sp³-hybridized carbons (Fsp3) is 0.182. The average Bonchev–Trinajstić information content (AvgIpc) is 3.09. The molecule has 0 atom stereocenters. The molecule has 2 aromatic heterocycles. The third-order valence-corrected chi connectivity index (χ3v) is 6.41. The first-order chi connectivity index (χ1) is 14.0. The van der Waals surface area contributed by atoms with Gasteiger partial charge in [-0.2, -0.15) is 0 Å². The molecule has 6 nitrogen and oxygen atoms in total. The van der Waals surface area contributed by atoms with Gasteiger partial charge in [-0.25, -0.2) is 23.1 Å². The molecule has 148 valence electrons. The van der Waals surface area contributed by atoms with E-state index in [1.54, 1.807) is 18.3 Å². The van der Waals surface area contributed by atoms with Crippen LogP contribution in [0.1, 0.15) is 11.1 Å². The molecule has 0 spiro atoms. The molecule has 0 bridgehead atoms. The zero-order chi connectivity index (χ0) is 20.4. The Bertz CT molecular complexity index is 1260. The van der Waals surface area contributed by atoms with Gasteiger partial charge in [0.1, 0.15) is 11.3 Å². The van der Waals surface area contributed by atoms with Gasteiger partial charge >= 0.3 is 0 Å². The van der Waals surface area contributed by atoms with E-state index in [9.17, 15) is 8.42 Å². The first kappa shape index (κ1) is 19.3. The molecule has 0 unspecified atom stereocenters. The van der Waals surface area contributed by atoms with Crippen molar-refractivity contribution >= 4 is 21.2 Å². The van der Waals surface area contributed by atoms with Crippen LogP contribution in [0.5, 0.6) is 0 Å². The van der Waals surface area contributed by atoms with Gasteiger partial charge in [-0.15, -0.1) is 0 Å². The highest BCUT2D eigenvalue weighted by Gasteiger charge is 2.17. The number of nitrogens with one attached hydrogen (secondary N) is 1. The Morgan fingerprint density at radius 1 is 0.966 bits per heavy atom. The van der Waals surface area contributed by atoms with Gasteiger partial charge < -0.3 is 4.57 Å². The molecule has 0 aliphatic heterocycles. The lowest BCUT2D eigenvalue weighted by atomic mass is 10.1. The van der Waals surface area contributed by atoms with Crippen LogP contribution in [0.2, 0.25) is 0 Å². The minimum Gasteiger partial charge on any atom is -0.307 e. The van der Waals surface area contributed by atoms with Crippen molar-refractivity contribution in [3.8, 4) is 11.4 Å². The van der Waals surface area contributed by atoms with Gasteiger partial charge in [0.2, 0.25) is 10.0 Å². The summed E-state index contributed by atoms with van der Waals surface area (Å²) < 4.78 is 30.0. The van der Waals surface area contributed by atoms with E-state index in [0.717, 1.165) is 33.7 Å². The number of sulfonamides is 1. The Balaban J connectivity index is 1.60. The third kappa shape index (κ3) is 3.92. The summed E-state index contributed by atoms with van der Waals surface area (Å²) in [6.07, 6.45) is 1.72. The van der Waals surface area contributed by atoms with Crippen LogP contribution in [0, 0.1) is 13.8 Å². The second kappa shape index (κ2) is 7.77. The number of imidazole rings is 1. The Labute approximate surface area is 170 Å². The molecule has 0 saturated heterocycles. The van der Waals surface area contributed by atoms with E-state index < -0.39 is 10.0 Å². The summed E-state index contributed by atoms with van der Waals surface area (Å²) in [7, 11) is -3.59. The zero-order valence-electron chi connectivity index (χ0n) is 16.3. The smallest absolute Gasteiger partial charge is 0.240 e. The molecule has 0 saturated carbocycles. The number of nitrogens with zero attached hydrogens (tertiary/aromatic N) is 3. The maximum Gasteiger partial charge on any atom is 0.240 e. The van der Waals surface area contributed by atoms with Gasteiger partial charge in [0.25, 0.3) is 0 Å². The predicted octanol–water partition coefficient (Wildman–Crippen LogP) is 3.69. The Hall–Kier alpha value is -3.03. The SMILES string of the molecule is Cc1ccc(S(=O)(=O)NCCn2c(-c3ccccc3)nc3cccnc32)cc1C. The van der Waals surface area contributed by atoms with Crippen molar-refractivity contribution in [2.45, 2.75) is 25.3 Å². The summed E-state index contributed by atoms with van der Waals surface area (Å²) in [4.78, 5) is 9.42. The van der Waals surface area contributed by atoms with E-state index in [1.165, 1.54) is 0 Å². The first-order valence-corrected chi connectivity index (χ1v) is 10.9. The topological polar surface area (TPSA) is 76.9 Å². The van der Waals surface area contributed by atoms with E-state index in [-0.39, 0.29) is 11.4 Å². The highest BCUT2D eigenvalue weighted by Crippen LogP contribution is 2.23. The van der Waals surface area contributed by atoms with E-state index in [2.05, 4.69) is 9.71 Å². The molecular formula is C22H22N4O2S. The molecule has 7 heteroatoms. The van der Waals surface area contributed by atoms with Crippen LogP contribution in [-0.4, -0.2) is 29.5 Å². The number of hydrogen-bond acceptors (Lipinski definition) is 4. The summed E-state index contributed by atoms with van der Waals surface area (Å²) in [6.45, 7) is 4.52. The minimum absolute atomic E-state index is 0.233. The molecule has 0 fully saturated rings. The van der Waals surface area contributed by atoms with Crippen molar-refractivity contribution in [1.29, 1.82) is 0 Å². The second-order valence-electron chi connectivity index (χ2n) is 6.94. The summed E-state index contributed by atoms with van der Waals surface area (Å²) in [5.74, 6) is 0.768. The third-order valence-electron chi connectivity index (χ3n) is 4.95. The van der Waals surface area contributed by atoms with E-state index in [0.29, 0.717) is 6.54 Å². The molecule has 29 heavy (non-hydrogen) atoms. The Kier molecular flexibility index (Phi) is 5.17. The van der Waals surface area contributed by atoms with E-state index in [4.69, 9.17) is 4.98 Å². The summed E-state index contributed by atoms with van der Waals surface area (Å²) >= 11 is 0. The molecule has 0 radical (unpaired) electrons. The van der Waals surface area contributed by atoms with Gasteiger partial charge in [0.15, 0.2) is 5.65 Å². The minimum atomic E-state index is -3.59. The maximum absolute atomic E-state index is 12.7. The lowest BCUT2D eigenvalue weighted by Crippen LogP contribution is -2.27. The largest absolute Gasteiger partial charge is 0.307 e. The average molecular weight is 407 g/mol. The van der Waals surface area contributed by atoms with E-state index >= 15 is 0 Å². The normalized spacial score (nSPS) is 11.8. The number of rotatable bonds is 6. The predicted molar refractivity (Wildman–Crippen MR) is 114 cm³/mol. The van der Waals surface area contributed by atoms with Crippen molar-refractivity contribution in [3.63, 3.8) is 0 Å². The number of pyridine rings is 1. The summed E-state index contributed by atoms with van der Waals surface area (Å²) in [5, 5.41) is 0. The van der Waals surface area contributed by atoms with Crippen molar-refractivity contribution in [3.05, 3.63) is 78.0 Å². The number of aromatic nitrogens is 3. The molecule has 2 aromatic carbocycles. The lowest BCUT2D eigenvalue weighted by Gasteiger charge is -2.11. The lowest BCUT2D eigenvalue weighted by molar-refractivity contribution is 0.574. The maximum atomic E-state index is 12.7.